The van der Waals surface area contributed by atoms with E-state index in [1.54, 1.807) is 22.8 Å². The molecule has 2 aromatic carbocycles. The van der Waals surface area contributed by atoms with Crippen LogP contribution in [-0.4, -0.2) is 27.1 Å². The molecule has 0 aliphatic heterocycles. The minimum Gasteiger partial charge on any atom is -0.287 e. The molecule has 10 heteroatoms. The summed E-state index contributed by atoms with van der Waals surface area (Å²) in [5.41, 5.74) is 4.48. The number of thioether (sulfide) groups is 1. The number of rotatable bonds is 7. The van der Waals surface area contributed by atoms with E-state index in [1.807, 2.05) is 0 Å². The van der Waals surface area contributed by atoms with Crippen LogP contribution in [0.3, 0.4) is 0 Å². The van der Waals surface area contributed by atoms with Gasteiger partial charge in [0.2, 0.25) is 5.91 Å². The topological polar surface area (TPSA) is 93.1 Å². The molecular weight excluding hydrogens is 455 g/mol. The summed E-state index contributed by atoms with van der Waals surface area (Å²) >= 11 is 7.10. The molecule has 3 rings (SSSR count). The van der Waals surface area contributed by atoms with Gasteiger partial charge < -0.3 is 0 Å². The first-order valence-corrected chi connectivity index (χ1v) is 11.3. The van der Waals surface area contributed by atoms with Crippen molar-refractivity contribution in [1.82, 2.24) is 20.4 Å². The van der Waals surface area contributed by atoms with Crippen molar-refractivity contribution < 1.29 is 14.0 Å². The fraction of sp³-hybridized carbons (Fsp3) is 0.273. The quantitative estimate of drug-likeness (QED) is 0.307. The van der Waals surface area contributed by atoms with Crippen molar-refractivity contribution in [2.45, 2.75) is 32.0 Å². The Morgan fingerprint density at radius 3 is 2.66 bits per heavy atom. The fourth-order valence-corrected chi connectivity index (χ4v) is 3.87. The average Bonchev–Trinajstić information content (AvgIpc) is 2.75. The summed E-state index contributed by atoms with van der Waals surface area (Å²) < 4.78 is 15.2. The van der Waals surface area contributed by atoms with Crippen molar-refractivity contribution in [1.29, 1.82) is 0 Å². The molecule has 0 radical (unpaired) electrons. The van der Waals surface area contributed by atoms with E-state index in [4.69, 9.17) is 11.6 Å². The Kier molecular flexibility index (Phi) is 7.87. The fourth-order valence-electron chi connectivity index (χ4n) is 2.87. The molecule has 0 saturated carbocycles. The molecule has 0 saturated heterocycles. The maximum Gasteiger partial charge on any atom is 0.272 e. The molecule has 1 heterocycles. The first-order chi connectivity index (χ1) is 15.3. The largest absolute Gasteiger partial charge is 0.287 e. The highest BCUT2D eigenvalue weighted by Gasteiger charge is 2.15. The van der Waals surface area contributed by atoms with Gasteiger partial charge in [0.25, 0.3) is 11.5 Å². The van der Waals surface area contributed by atoms with Crippen molar-refractivity contribution in [3.63, 3.8) is 0 Å². The average molecular weight is 477 g/mol. The number of nitrogens with one attached hydrogen (secondary N) is 2. The number of carbonyl (C=O) groups is 2. The van der Waals surface area contributed by atoms with Gasteiger partial charge in [-0.2, -0.15) is 0 Å². The smallest absolute Gasteiger partial charge is 0.272 e. The van der Waals surface area contributed by atoms with Gasteiger partial charge in [-0.25, -0.2) is 9.37 Å². The molecule has 0 atom stereocenters. The van der Waals surface area contributed by atoms with Crippen LogP contribution in [0, 0.1) is 11.7 Å². The molecule has 3 aromatic rings. The van der Waals surface area contributed by atoms with Crippen LogP contribution in [0.25, 0.3) is 10.9 Å². The van der Waals surface area contributed by atoms with Crippen LogP contribution in [0.15, 0.2) is 52.4 Å². The number of amides is 2. The maximum atomic E-state index is 13.7. The summed E-state index contributed by atoms with van der Waals surface area (Å²) in [4.78, 5) is 41.8. The second-order valence-electron chi connectivity index (χ2n) is 7.47. The summed E-state index contributed by atoms with van der Waals surface area (Å²) in [6, 6.07) is 10.3. The summed E-state index contributed by atoms with van der Waals surface area (Å²) in [7, 11) is 0. The minimum absolute atomic E-state index is 0.113. The first-order valence-electron chi connectivity index (χ1n) is 9.93. The molecule has 168 valence electrons. The first kappa shape index (κ1) is 23.7. The zero-order chi connectivity index (χ0) is 23.3. The third kappa shape index (κ3) is 5.86. The van der Waals surface area contributed by atoms with Crippen LogP contribution in [0.4, 0.5) is 4.39 Å². The highest BCUT2D eigenvalue weighted by Crippen LogP contribution is 2.21. The molecule has 0 fully saturated rings. The van der Waals surface area contributed by atoms with E-state index in [0.29, 0.717) is 33.5 Å². The van der Waals surface area contributed by atoms with Crippen molar-refractivity contribution >= 4 is 46.1 Å². The lowest BCUT2D eigenvalue weighted by Crippen LogP contribution is -2.42. The number of carbonyl (C=O) groups excluding carboxylic acids is 2. The number of fused-ring (bicyclic) bond motifs is 1. The molecular formula is C22H22ClFN4O3S. The maximum absolute atomic E-state index is 13.7. The van der Waals surface area contributed by atoms with Crippen LogP contribution >= 0.6 is 23.4 Å². The molecule has 1 aromatic heterocycles. The van der Waals surface area contributed by atoms with E-state index in [0.717, 1.165) is 24.2 Å². The minimum atomic E-state index is -0.770. The molecule has 32 heavy (non-hydrogen) atoms. The van der Waals surface area contributed by atoms with Gasteiger partial charge in [0.1, 0.15) is 5.82 Å². The van der Waals surface area contributed by atoms with E-state index >= 15 is 0 Å². The van der Waals surface area contributed by atoms with Gasteiger partial charge in [-0.05, 0) is 42.7 Å². The zero-order valence-corrected chi connectivity index (χ0v) is 19.1. The van der Waals surface area contributed by atoms with Crippen LogP contribution in [0.2, 0.25) is 5.02 Å². The predicted octanol–water partition coefficient (Wildman–Crippen LogP) is 3.79. The SMILES string of the molecule is CC(C)CCn1c(SCC(=O)NNC(=O)c2ccccc2F)nc2cc(Cl)ccc2c1=O. The summed E-state index contributed by atoms with van der Waals surface area (Å²) in [5, 5.41) is 1.28. The molecule has 0 spiro atoms. The Labute approximate surface area is 193 Å². The van der Waals surface area contributed by atoms with Gasteiger partial charge in [0, 0.05) is 11.6 Å². The Morgan fingerprint density at radius 2 is 1.94 bits per heavy atom. The number of halogens is 2. The number of hydrazine groups is 1. The van der Waals surface area contributed by atoms with Gasteiger partial charge in [0.15, 0.2) is 5.16 Å². The third-order valence-electron chi connectivity index (χ3n) is 4.58. The molecule has 0 aliphatic rings. The molecule has 0 bridgehead atoms. The normalized spacial score (nSPS) is 11.0. The Bertz CT molecular complexity index is 1220. The lowest BCUT2D eigenvalue weighted by Gasteiger charge is -2.14. The van der Waals surface area contributed by atoms with Gasteiger partial charge >= 0.3 is 0 Å². The number of nitrogens with zero attached hydrogens (tertiary/aromatic N) is 2. The van der Waals surface area contributed by atoms with Crippen LogP contribution < -0.4 is 16.4 Å². The van der Waals surface area contributed by atoms with E-state index < -0.39 is 17.6 Å². The molecule has 2 amide bonds. The van der Waals surface area contributed by atoms with Gasteiger partial charge in [-0.15, -0.1) is 0 Å². The van der Waals surface area contributed by atoms with Gasteiger partial charge in [0.05, 0.1) is 22.2 Å². The lowest BCUT2D eigenvalue weighted by molar-refractivity contribution is -0.119. The van der Waals surface area contributed by atoms with Gasteiger partial charge in [-0.1, -0.05) is 49.3 Å². The van der Waals surface area contributed by atoms with Crippen LogP contribution in [-0.2, 0) is 11.3 Å². The lowest BCUT2D eigenvalue weighted by atomic mass is 10.1. The molecule has 2 N–H and O–H groups in total. The number of hydrogen-bond donors (Lipinski definition) is 2. The molecule has 7 nitrogen and oxygen atoms in total. The molecule has 0 unspecified atom stereocenters. The Balaban J connectivity index is 1.73. The highest BCUT2D eigenvalue weighted by atomic mass is 35.5. The van der Waals surface area contributed by atoms with Crippen molar-refractivity contribution in [3.05, 3.63) is 69.2 Å². The van der Waals surface area contributed by atoms with E-state index in [9.17, 15) is 18.8 Å². The predicted molar refractivity (Wildman–Crippen MR) is 123 cm³/mol. The summed E-state index contributed by atoms with van der Waals surface area (Å²) in [6.07, 6.45) is 0.763. The highest BCUT2D eigenvalue weighted by molar-refractivity contribution is 7.99. The Morgan fingerprint density at radius 1 is 1.19 bits per heavy atom. The summed E-state index contributed by atoms with van der Waals surface area (Å²) in [5.74, 6) is -1.73. The van der Waals surface area contributed by atoms with Crippen LogP contribution in [0.1, 0.15) is 30.6 Å². The van der Waals surface area contributed by atoms with Crippen molar-refractivity contribution in [2.75, 3.05) is 5.75 Å². The van der Waals surface area contributed by atoms with Crippen molar-refractivity contribution in [2.24, 2.45) is 5.92 Å². The second-order valence-corrected chi connectivity index (χ2v) is 8.84. The third-order valence-corrected chi connectivity index (χ3v) is 5.79. The van der Waals surface area contributed by atoms with Crippen LogP contribution in [0.5, 0.6) is 0 Å². The standard InChI is InChI=1S/C22H22ClFN4O3S/c1-13(2)9-10-28-21(31)16-8-7-14(23)11-18(16)25-22(28)32-12-19(29)26-27-20(30)15-5-3-4-6-17(15)24/h3-8,11,13H,9-10,12H2,1-2H3,(H,26,29)(H,27,30). The second kappa shape index (κ2) is 10.6. The van der Waals surface area contributed by atoms with Crippen molar-refractivity contribution in [3.8, 4) is 0 Å². The monoisotopic (exact) mass is 476 g/mol. The van der Waals surface area contributed by atoms with E-state index in [1.165, 1.54) is 18.2 Å². The number of aromatic nitrogens is 2. The molecule has 0 aliphatic carbocycles. The number of benzene rings is 2. The van der Waals surface area contributed by atoms with E-state index in [-0.39, 0.29) is 16.9 Å². The number of hydrogen-bond acceptors (Lipinski definition) is 5. The summed E-state index contributed by atoms with van der Waals surface area (Å²) in [6.45, 7) is 4.56. The zero-order valence-electron chi connectivity index (χ0n) is 17.5. The van der Waals surface area contributed by atoms with Gasteiger partial charge in [-0.3, -0.25) is 29.8 Å². The van der Waals surface area contributed by atoms with E-state index in [2.05, 4.69) is 29.7 Å². The Hall–Kier alpha value is -2.91.